The number of benzene rings is 1. The second-order valence-corrected chi connectivity index (χ2v) is 7.49. The first-order chi connectivity index (χ1) is 12.5. The lowest BCUT2D eigenvalue weighted by molar-refractivity contribution is 0.0684. The lowest BCUT2D eigenvalue weighted by Gasteiger charge is -2.28. The number of amides is 1. The third-order valence-electron chi connectivity index (χ3n) is 5.58. The smallest absolute Gasteiger partial charge is 0.339 e. The Labute approximate surface area is 152 Å². The van der Waals surface area contributed by atoms with Crippen molar-refractivity contribution < 1.29 is 14.7 Å². The van der Waals surface area contributed by atoms with Crippen LogP contribution in [-0.2, 0) is 0 Å². The molecule has 6 nitrogen and oxygen atoms in total. The predicted molar refractivity (Wildman–Crippen MR) is 96.6 cm³/mol. The van der Waals surface area contributed by atoms with Gasteiger partial charge in [-0.05, 0) is 68.7 Å². The molecular weight excluding hydrogens is 330 g/mol. The van der Waals surface area contributed by atoms with Crippen LogP contribution < -0.4 is 0 Å². The first-order valence-electron chi connectivity index (χ1n) is 9.13. The fraction of sp³-hybridized carbons (Fsp3) is 0.450. The standard InChI is InChI=1S/C20H23N3O3/c1-12-17(20(25)26)11-21-23(12)16-9-7-15(8-10-16)19(24)22(2)18(13-3-4-13)14-5-6-14/h7-11,13-14,18H,3-6H2,1-2H3,(H,25,26). The molecule has 0 radical (unpaired) electrons. The Morgan fingerprint density at radius 1 is 1.15 bits per heavy atom. The number of carboxylic acids is 1. The molecule has 1 aromatic heterocycles. The highest BCUT2D eigenvalue weighted by Gasteiger charge is 2.45. The zero-order valence-electron chi connectivity index (χ0n) is 15.1. The van der Waals surface area contributed by atoms with Crippen molar-refractivity contribution in [1.29, 1.82) is 0 Å². The summed E-state index contributed by atoms with van der Waals surface area (Å²) >= 11 is 0. The molecule has 26 heavy (non-hydrogen) atoms. The molecule has 2 aromatic rings. The van der Waals surface area contributed by atoms with Crippen molar-refractivity contribution in [3.8, 4) is 5.69 Å². The molecule has 2 aliphatic carbocycles. The summed E-state index contributed by atoms with van der Waals surface area (Å²) in [6.07, 6.45) is 6.30. The number of carbonyl (C=O) groups is 2. The first-order valence-corrected chi connectivity index (χ1v) is 9.13. The molecule has 2 fully saturated rings. The van der Waals surface area contributed by atoms with Gasteiger partial charge in [0.05, 0.1) is 17.6 Å². The topological polar surface area (TPSA) is 75.4 Å². The molecule has 1 amide bonds. The van der Waals surface area contributed by atoms with Crippen molar-refractivity contribution >= 4 is 11.9 Å². The maximum atomic E-state index is 12.9. The minimum atomic E-state index is -0.992. The van der Waals surface area contributed by atoms with Gasteiger partial charge < -0.3 is 10.0 Å². The Hall–Kier alpha value is -2.63. The maximum absolute atomic E-state index is 12.9. The van der Waals surface area contributed by atoms with E-state index in [-0.39, 0.29) is 11.5 Å². The number of aromatic carboxylic acids is 1. The van der Waals surface area contributed by atoms with Crippen molar-refractivity contribution in [2.24, 2.45) is 11.8 Å². The highest BCUT2D eigenvalue weighted by molar-refractivity contribution is 5.94. The molecule has 6 heteroatoms. The number of hydrogen-bond acceptors (Lipinski definition) is 3. The van der Waals surface area contributed by atoms with Gasteiger partial charge in [0.1, 0.15) is 5.56 Å². The Morgan fingerprint density at radius 2 is 1.73 bits per heavy atom. The monoisotopic (exact) mass is 353 g/mol. The zero-order valence-corrected chi connectivity index (χ0v) is 15.1. The van der Waals surface area contributed by atoms with Crippen LogP contribution in [-0.4, -0.2) is 44.8 Å². The van der Waals surface area contributed by atoms with Crippen molar-refractivity contribution in [2.75, 3.05) is 7.05 Å². The van der Waals surface area contributed by atoms with E-state index in [9.17, 15) is 9.59 Å². The molecule has 2 saturated carbocycles. The van der Waals surface area contributed by atoms with Crippen LogP contribution >= 0.6 is 0 Å². The number of hydrogen-bond donors (Lipinski definition) is 1. The van der Waals surface area contributed by atoms with Crippen LogP contribution in [0.15, 0.2) is 30.5 Å². The number of nitrogens with zero attached hydrogens (tertiary/aromatic N) is 3. The Kier molecular flexibility index (Phi) is 4.05. The van der Waals surface area contributed by atoms with Crippen LogP contribution in [0.3, 0.4) is 0 Å². The zero-order chi connectivity index (χ0) is 18.4. The normalized spacial score (nSPS) is 16.7. The van der Waals surface area contributed by atoms with Gasteiger partial charge in [0.2, 0.25) is 0 Å². The molecule has 0 spiro atoms. The minimum absolute atomic E-state index is 0.0590. The van der Waals surface area contributed by atoms with E-state index >= 15 is 0 Å². The van der Waals surface area contributed by atoms with Crippen molar-refractivity contribution in [1.82, 2.24) is 14.7 Å². The van der Waals surface area contributed by atoms with E-state index in [0.29, 0.717) is 29.1 Å². The molecule has 0 aliphatic heterocycles. The Balaban J connectivity index is 1.54. The molecule has 0 unspecified atom stereocenters. The van der Waals surface area contributed by atoms with E-state index in [1.165, 1.54) is 31.9 Å². The van der Waals surface area contributed by atoms with E-state index < -0.39 is 5.97 Å². The van der Waals surface area contributed by atoms with E-state index in [2.05, 4.69) is 5.10 Å². The van der Waals surface area contributed by atoms with E-state index in [0.717, 1.165) is 5.69 Å². The molecular formula is C20H23N3O3. The van der Waals surface area contributed by atoms with Crippen LogP contribution in [0.25, 0.3) is 5.69 Å². The van der Waals surface area contributed by atoms with E-state index in [4.69, 9.17) is 5.11 Å². The maximum Gasteiger partial charge on any atom is 0.339 e. The van der Waals surface area contributed by atoms with Crippen molar-refractivity contribution in [3.05, 3.63) is 47.3 Å². The molecule has 136 valence electrons. The molecule has 1 heterocycles. The quantitative estimate of drug-likeness (QED) is 0.866. The minimum Gasteiger partial charge on any atom is -0.478 e. The van der Waals surface area contributed by atoms with Gasteiger partial charge in [-0.25, -0.2) is 9.48 Å². The Morgan fingerprint density at radius 3 is 2.19 bits per heavy atom. The lowest BCUT2D eigenvalue weighted by atomic mass is 10.0. The van der Waals surface area contributed by atoms with Crippen molar-refractivity contribution in [3.63, 3.8) is 0 Å². The average Bonchev–Trinajstić information content (AvgIpc) is 3.55. The number of rotatable bonds is 6. The summed E-state index contributed by atoms with van der Waals surface area (Å²) in [5.74, 6) is 0.422. The summed E-state index contributed by atoms with van der Waals surface area (Å²) in [4.78, 5) is 26.0. The first kappa shape index (κ1) is 16.8. The fourth-order valence-corrected chi connectivity index (χ4v) is 3.86. The van der Waals surface area contributed by atoms with Crippen LogP contribution in [0.4, 0.5) is 0 Å². The summed E-state index contributed by atoms with van der Waals surface area (Å²) in [6.45, 7) is 1.72. The molecule has 1 aromatic carbocycles. The van der Waals surface area contributed by atoms with Gasteiger partial charge in [0.25, 0.3) is 5.91 Å². The second kappa shape index (κ2) is 6.27. The van der Waals surface area contributed by atoms with Crippen molar-refractivity contribution in [2.45, 2.75) is 38.6 Å². The summed E-state index contributed by atoms with van der Waals surface area (Å²) in [5, 5.41) is 13.3. The molecule has 0 atom stereocenters. The van der Waals surface area contributed by atoms with Gasteiger partial charge in [-0.2, -0.15) is 5.10 Å². The SMILES string of the molecule is Cc1c(C(=O)O)cnn1-c1ccc(C(=O)N(C)C(C2CC2)C2CC2)cc1. The largest absolute Gasteiger partial charge is 0.478 e. The number of carboxylic acid groups (broad SMARTS) is 1. The highest BCUT2D eigenvalue weighted by Crippen LogP contribution is 2.47. The van der Waals surface area contributed by atoms with Gasteiger partial charge in [0.15, 0.2) is 0 Å². The molecule has 0 saturated heterocycles. The third-order valence-corrected chi connectivity index (χ3v) is 5.58. The van der Waals surface area contributed by atoms with Crippen LogP contribution in [0.5, 0.6) is 0 Å². The summed E-state index contributed by atoms with van der Waals surface area (Å²) in [6, 6.07) is 7.61. The highest BCUT2D eigenvalue weighted by atomic mass is 16.4. The Bertz CT molecular complexity index is 836. The molecule has 0 bridgehead atoms. The molecule has 4 rings (SSSR count). The molecule has 1 N–H and O–H groups in total. The summed E-state index contributed by atoms with van der Waals surface area (Å²) < 4.78 is 1.58. The van der Waals surface area contributed by atoms with Gasteiger partial charge in [-0.15, -0.1) is 0 Å². The van der Waals surface area contributed by atoms with Crippen LogP contribution in [0, 0.1) is 18.8 Å². The van der Waals surface area contributed by atoms with Gasteiger partial charge in [0, 0.05) is 18.7 Å². The summed E-state index contributed by atoms with van der Waals surface area (Å²) in [5.41, 5.74) is 2.15. The number of carbonyl (C=O) groups excluding carboxylic acids is 1. The van der Waals surface area contributed by atoms with E-state index in [1.807, 2.05) is 24.1 Å². The lowest BCUT2D eigenvalue weighted by Crippen LogP contribution is -2.40. The van der Waals surface area contributed by atoms with Crippen LogP contribution in [0.2, 0.25) is 0 Å². The average molecular weight is 353 g/mol. The number of aromatic nitrogens is 2. The molecule has 2 aliphatic rings. The van der Waals surface area contributed by atoms with Gasteiger partial charge in [-0.3, -0.25) is 4.79 Å². The second-order valence-electron chi connectivity index (χ2n) is 7.49. The summed E-state index contributed by atoms with van der Waals surface area (Å²) in [7, 11) is 1.92. The van der Waals surface area contributed by atoms with E-state index in [1.54, 1.807) is 23.7 Å². The van der Waals surface area contributed by atoms with Gasteiger partial charge >= 0.3 is 5.97 Å². The van der Waals surface area contributed by atoms with Gasteiger partial charge in [-0.1, -0.05) is 0 Å². The third kappa shape index (κ3) is 3.00. The van der Waals surface area contributed by atoms with Crippen LogP contribution in [0.1, 0.15) is 52.1 Å². The fourth-order valence-electron chi connectivity index (χ4n) is 3.86. The predicted octanol–water partition coefficient (Wildman–Crippen LogP) is 3.14.